The summed E-state index contributed by atoms with van der Waals surface area (Å²) in [6.45, 7) is -0.0763. The second kappa shape index (κ2) is 9.56. The average Bonchev–Trinajstić information content (AvgIpc) is 3.17. The standard InChI is InChI=1S/C24H31F6N3O3S/c25-23(26,27)15-33-14-22(31-37(33,34)35)19-2-3-20(22)12-17-13-21(4-1-16(17)11-19)36-10-9-32-7-5-18(6-8-32)24(28,29)30/h1,4,13,18-20,31H,2-3,5-12,14-15H2/t19-,20+,22-/m1/s1. The van der Waals surface area contributed by atoms with Crippen LogP contribution in [0.2, 0.25) is 0 Å². The molecule has 1 spiro atoms. The monoisotopic (exact) mass is 555 g/mol. The van der Waals surface area contributed by atoms with E-state index in [-0.39, 0.29) is 31.2 Å². The van der Waals surface area contributed by atoms with Gasteiger partial charge >= 0.3 is 12.4 Å². The Kier molecular flexibility index (Phi) is 6.98. The second-order valence-corrected chi connectivity index (χ2v) is 12.5. The van der Waals surface area contributed by atoms with Crippen LogP contribution in [-0.2, 0) is 23.1 Å². The summed E-state index contributed by atoms with van der Waals surface area (Å²) in [6, 6.07) is 5.68. The van der Waals surface area contributed by atoms with Gasteiger partial charge in [-0.25, -0.2) is 0 Å². The molecule has 2 saturated heterocycles. The highest BCUT2D eigenvalue weighted by Crippen LogP contribution is 2.50. The summed E-state index contributed by atoms with van der Waals surface area (Å²) < 4.78 is 112. The van der Waals surface area contributed by atoms with E-state index in [9.17, 15) is 34.8 Å². The number of hydrogen-bond acceptors (Lipinski definition) is 4. The van der Waals surface area contributed by atoms with Crippen LogP contribution in [0.1, 0.15) is 36.8 Å². The Morgan fingerprint density at radius 2 is 1.62 bits per heavy atom. The zero-order valence-corrected chi connectivity index (χ0v) is 21.1. The molecule has 0 unspecified atom stereocenters. The van der Waals surface area contributed by atoms with Crippen molar-refractivity contribution >= 4 is 10.2 Å². The highest BCUT2D eigenvalue weighted by atomic mass is 32.2. The first kappa shape index (κ1) is 27.0. The van der Waals surface area contributed by atoms with Gasteiger partial charge in [-0.2, -0.15) is 43.8 Å². The van der Waals surface area contributed by atoms with Crippen LogP contribution in [0.5, 0.6) is 5.75 Å². The Bertz CT molecular complexity index is 1100. The zero-order valence-electron chi connectivity index (χ0n) is 20.2. The summed E-state index contributed by atoms with van der Waals surface area (Å²) in [7, 11) is -4.23. The summed E-state index contributed by atoms with van der Waals surface area (Å²) in [5, 5.41) is 0. The van der Waals surface area contributed by atoms with Crippen LogP contribution in [0.25, 0.3) is 0 Å². The number of rotatable bonds is 5. The first-order valence-corrected chi connectivity index (χ1v) is 14.1. The van der Waals surface area contributed by atoms with Gasteiger partial charge in [0.15, 0.2) is 0 Å². The first-order chi connectivity index (χ1) is 17.3. The Labute approximate surface area is 212 Å². The van der Waals surface area contributed by atoms with Crippen molar-refractivity contribution in [3.8, 4) is 5.75 Å². The number of piperidine rings is 1. The van der Waals surface area contributed by atoms with Crippen molar-refractivity contribution in [2.24, 2.45) is 17.8 Å². The SMILES string of the molecule is O=S1(=O)N[C@]2(CN1CC(F)(F)F)[C@@H]1CC[C@H]2Cc2cc(OCCN3CCC(C(F)(F)F)CC3)ccc2C1. The van der Waals surface area contributed by atoms with Crippen LogP contribution in [0.15, 0.2) is 18.2 Å². The molecule has 1 aromatic carbocycles. The number of fused-ring (bicyclic) bond motifs is 1. The minimum atomic E-state index is -4.62. The smallest absolute Gasteiger partial charge is 0.402 e. The van der Waals surface area contributed by atoms with Gasteiger partial charge in [-0.05, 0) is 86.7 Å². The van der Waals surface area contributed by atoms with E-state index in [1.54, 1.807) is 0 Å². The Hall–Kier alpha value is -1.57. The van der Waals surface area contributed by atoms with E-state index in [1.165, 1.54) is 0 Å². The van der Waals surface area contributed by atoms with Gasteiger partial charge in [-0.3, -0.25) is 4.90 Å². The van der Waals surface area contributed by atoms with E-state index >= 15 is 0 Å². The molecule has 208 valence electrons. The number of nitrogens with zero attached hydrogens (tertiary/aromatic N) is 2. The van der Waals surface area contributed by atoms with Gasteiger partial charge < -0.3 is 4.74 Å². The van der Waals surface area contributed by atoms with Crippen molar-refractivity contribution in [2.45, 2.75) is 56.4 Å². The third-order valence-corrected chi connectivity index (χ3v) is 10.2. The molecule has 0 amide bonds. The molecule has 2 heterocycles. The molecule has 1 saturated carbocycles. The van der Waals surface area contributed by atoms with Crippen LogP contribution in [0.3, 0.4) is 0 Å². The van der Waals surface area contributed by atoms with E-state index in [4.69, 9.17) is 4.74 Å². The van der Waals surface area contributed by atoms with Gasteiger partial charge in [-0.15, -0.1) is 0 Å². The number of likely N-dealkylation sites (tertiary alicyclic amines) is 1. The van der Waals surface area contributed by atoms with Gasteiger partial charge in [0, 0.05) is 13.1 Å². The quantitative estimate of drug-likeness (QED) is 0.560. The minimum Gasteiger partial charge on any atom is -0.492 e. The molecule has 13 heteroatoms. The van der Waals surface area contributed by atoms with E-state index < -0.39 is 40.6 Å². The summed E-state index contributed by atoms with van der Waals surface area (Å²) in [6.07, 6.45) is -5.99. The van der Waals surface area contributed by atoms with Crippen molar-refractivity contribution in [1.82, 2.24) is 13.9 Å². The third-order valence-electron chi connectivity index (χ3n) is 8.61. The highest BCUT2D eigenvalue weighted by Gasteiger charge is 2.60. The topological polar surface area (TPSA) is 61.9 Å². The number of ether oxygens (including phenoxy) is 1. The van der Waals surface area contributed by atoms with E-state index in [0.717, 1.165) is 24.0 Å². The predicted octanol–water partition coefficient (Wildman–Crippen LogP) is 3.92. The molecule has 3 atom stereocenters. The lowest BCUT2D eigenvalue weighted by Crippen LogP contribution is -2.52. The number of hydrogen-bond donors (Lipinski definition) is 1. The molecular formula is C24H31F6N3O3S. The Morgan fingerprint density at radius 1 is 0.973 bits per heavy atom. The molecule has 4 aliphatic rings. The van der Waals surface area contributed by atoms with Gasteiger partial charge in [-0.1, -0.05) is 6.07 Å². The summed E-state index contributed by atoms with van der Waals surface area (Å²) in [5.41, 5.74) is 1.12. The van der Waals surface area contributed by atoms with Crippen LogP contribution < -0.4 is 9.46 Å². The molecule has 2 aliphatic heterocycles. The van der Waals surface area contributed by atoms with Crippen LogP contribution in [0, 0.1) is 17.8 Å². The number of nitrogens with one attached hydrogen (secondary N) is 1. The lowest BCUT2D eigenvalue weighted by Gasteiger charge is -2.33. The minimum absolute atomic E-state index is 0.0941. The molecule has 2 aliphatic carbocycles. The molecule has 0 radical (unpaired) electrons. The average molecular weight is 556 g/mol. The fourth-order valence-electron chi connectivity index (χ4n) is 6.69. The Morgan fingerprint density at radius 3 is 2.24 bits per heavy atom. The van der Waals surface area contributed by atoms with Gasteiger partial charge in [0.05, 0.1) is 11.5 Å². The van der Waals surface area contributed by atoms with Crippen LogP contribution >= 0.6 is 0 Å². The first-order valence-electron chi connectivity index (χ1n) is 12.6. The number of benzene rings is 1. The lowest BCUT2D eigenvalue weighted by atomic mass is 9.79. The van der Waals surface area contributed by atoms with Crippen LogP contribution in [0.4, 0.5) is 26.3 Å². The van der Waals surface area contributed by atoms with E-state index in [2.05, 4.69) is 4.72 Å². The maximum Gasteiger partial charge on any atom is 0.402 e. The van der Waals surface area contributed by atoms with Gasteiger partial charge in [0.2, 0.25) is 0 Å². The predicted molar refractivity (Wildman–Crippen MR) is 123 cm³/mol. The van der Waals surface area contributed by atoms with Gasteiger partial charge in [0.25, 0.3) is 10.2 Å². The van der Waals surface area contributed by atoms with Crippen LogP contribution in [-0.4, -0.2) is 74.8 Å². The molecule has 6 nitrogen and oxygen atoms in total. The molecule has 37 heavy (non-hydrogen) atoms. The maximum atomic E-state index is 13.0. The molecule has 1 aromatic rings. The molecule has 3 fully saturated rings. The highest BCUT2D eigenvalue weighted by molar-refractivity contribution is 7.87. The van der Waals surface area contributed by atoms with Crippen molar-refractivity contribution in [3.05, 3.63) is 29.3 Å². The largest absolute Gasteiger partial charge is 0.492 e. The fraction of sp³-hybridized carbons (Fsp3) is 0.750. The van der Waals surface area contributed by atoms with Crippen molar-refractivity contribution in [1.29, 1.82) is 0 Å². The van der Waals surface area contributed by atoms with Crippen molar-refractivity contribution in [2.75, 3.05) is 39.3 Å². The zero-order chi connectivity index (χ0) is 26.6. The van der Waals surface area contributed by atoms with E-state index in [0.29, 0.717) is 49.1 Å². The van der Waals surface area contributed by atoms with E-state index in [1.807, 2.05) is 23.1 Å². The molecule has 5 rings (SSSR count). The summed E-state index contributed by atoms with van der Waals surface area (Å²) in [4.78, 5) is 1.97. The molecule has 2 bridgehead atoms. The second-order valence-electron chi connectivity index (χ2n) is 10.8. The normalized spacial score (nSPS) is 31.0. The molecule has 1 N–H and O–H groups in total. The number of halogens is 6. The van der Waals surface area contributed by atoms with Gasteiger partial charge in [0.1, 0.15) is 18.9 Å². The summed E-state index contributed by atoms with van der Waals surface area (Å²) >= 11 is 0. The van der Waals surface area contributed by atoms with Crippen molar-refractivity contribution < 1.29 is 39.5 Å². The van der Waals surface area contributed by atoms with Crippen molar-refractivity contribution in [3.63, 3.8) is 0 Å². The fourth-order valence-corrected chi connectivity index (χ4v) is 8.39. The lowest BCUT2D eigenvalue weighted by molar-refractivity contribution is -0.185. The molecule has 0 aromatic heterocycles. The molecular weight excluding hydrogens is 524 g/mol. The third kappa shape index (κ3) is 5.60. The summed E-state index contributed by atoms with van der Waals surface area (Å²) in [5.74, 6) is -0.839. The maximum absolute atomic E-state index is 13.0. The number of alkyl halides is 6. The Balaban J connectivity index is 1.22.